The molecular weight excluding hydrogens is 216 g/mol. The molecule has 0 fully saturated rings. The van der Waals surface area contributed by atoms with E-state index in [2.05, 4.69) is 23.7 Å². The van der Waals surface area contributed by atoms with Crippen LogP contribution in [-0.4, -0.2) is 41.3 Å². The minimum Gasteiger partial charge on any atom is -0.506 e. The van der Waals surface area contributed by atoms with E-state index in [0.717, 1.165) is 17.9 Å². The molecule has 0 saturated heterocycles. The first-order valence-corrected chi connectivity index (χ1v) is 5.97. The van der Waals surface area contributed by atoms with Crippen LogP contribution >= 0.6 is 0 Å². The fourth-order valence-electron chi connectivity index (χ4n) is 1.84. The second kappa shape index (κ2) is 6.57. The molecule has 1 rings (SSSR count). The summed E-state index contributed by atoms with van der Waals surface area (Å²) in [7, 11) is 1.70. The molecule has 1 aromatic heterocycles. The van der Waals surface area contributed by atoms with Crippen molar-refractivity contribution < 1.29 is 9.84 Å². The topological polar surface area (TPSA) is 45.6 Å². The molecule has 0 aliphatic carbocycles. The average Bonchev–Trinajstić information content (AvgIpc) is 2.30. The molecule has 1 heterocycles. The number of methoxy groups -OCH3 is 1. The number of hydrogen-bond donors (Lipinski definition) is 1. The maximum absolute atomic E-state index is 9.77. The third-order valence-electron chi connectivity index (χ3n) is 2.88. The SMILES string of the molecule is CCN(Cc1nc(C)ccc1O)C(C)COC. The van der Waals surface area contributed by atoms with E-state index >= 15 is 0 Å². The van der Waals surface area contributed by atoms with E-state index in [1.165, 1.54) is 0 Å². The maximum Gasteiger partial charge on any atom is 0.138 e. The molecule has 1 atom stereocenters. The highest BCUT2D eigenvalue weighted by Crippen LogP contribution is 2.17. The molecule has 0 aliphatic rings. The van der Waals surface area contributed by atoms with E-state index in [9.17, 15) is 5.11 Å². The Bertz CT molecular complexity index is 355. The van der Waals surface area contributed by atoms with Crippen molar-refractivity contribution in [2.75, 3.05) is 20.3 Å². The Morgan fingerprint density at radius 3 is 2.76 bits per heavy atom. The van der Waals surface area contributed by atoms with E-state index < -0.39 is 0 Å². The first-order valence-electron chi connectivity index (χ1n) is 5.97. The van der Waals surface area contributed by atoms with E-state index in [4.69, 9.17) is 4.74 Å². The number of likely N-dealkylation sites (N-methyl/N-ethyl adjacent to an activating group) is 1. The van der Waals surface area contributed by atoms with Crippen LogP contribution in [0, 0.1) is 6.92 Å². The van der Waals surface area contributed by atoms with Crippen LogP contribution in [0.3, 0.4) is 0 Å². The van der Waals surface area contributed by atoms with Gasteiger partial charge in [0.05, 0.1) is 12.3 Å². The van der Waals surface area contributed by atoms with Gasteiger partial charge in [0.25, 0.3) is 0 Å². The Labute approximate surface area is 103 Å². The Morgan fingerprint density at radius 2 is 2.18 bits per heavy atom. The van der Waals surface area contributed by atoms with Crippen LogP contribution in [0.5, 0.6) is 5.75 Å². The molecule has 4 nitrogen and oxygen atoms in total. The minimum atomic E-state index is 0.263. The van der Waals surface area contributed by atoms with Crippen LogP contribution in [0.2, 0.25) is 0 Å². The lowest BCUT2D eigenvalue weighted by atomic mass is 10.2. The molecule has 96 valence electrons. The number of aromatic nitrogens is 1. The summed E-state index contributed by atoms with van der Waals surface area (Å²) in [4.78, 5) is 6.60. The van der Waals surface area contributed by atoms with Gasteiger partial charge < -0.3 is 9.84 Å². The second-order valence-electron chi connectivity index (χ2n) is 4.29. The van der Waals surface area contributed by atoms with E-state index in [1.807, 2.05) is 13.0 Å². The quantitative estimate of drug-likeness (QED) is 0.823. The van der Waals surface area contributed by atoms with E-state index in [0.29, 0.717) is 19.2 Å². The zero-order valence-corrected chi connectivity index (χ0v) is 11.1. The van der Waals surface area contributed by atoms with Gasteiger partial charge in [0.2, 0.25) is 0 Å². The van der Waals surface area contributed by atoms with Gasteiger partial charge in [-0.1, -0.05) is 6.92 Å². The molecule has 0 aromatic carbocycles. The molecule has 1 unspecified atom stereocenters. The van der Waals surface area contributed by atoms with Gasteiger partial charge in [0, 0.05) is 25.4 Å². The van der Waals surface area contributed by atoms with Crippen molar-refractivity contribution in [2.45, 2.75) is 33.4 Å². The standard InChI is InChI=1S/C13H22N2O2/c1-5-15(11(3)9-17-4)8-12-13(16)7-6-10(2)14-12/h6-7,11,16H,5,8-9H2,1-4H3. The second-order valence-corrected chi connectivity index (χ2v) is 4.29. The van der Waals surface area contributed by atoms with Crippen molar-refractivity contribution >= 4 is 0 Å². The monoisotopic (exact) mass is 238 g/mol. The normalized spacial score (nSPS) is 13.0. The summed E-state index contributed by atoms with van der Waals surface area (Å²) in [6, 6.07) is 3.83. The third kappa shape index (κ3) is 3.98. The van der Waals surface area contributed by atoms with Gasteiger partial charge in [-0.3, -0.25) is 9.88 Å². The zero-order valence-electron chi connectivity index (χ0n) is 11.1. The van der Waals surface area contributed by atoms with Crippen molar-refractivity contribution in [3.63, 3.8) is 0 Å². The molecule has 0 amide bonds. The van der Waals surface area contributed by atoms with E-state index in [-0.39, 0.29) is 5.75 Å². The molecule has 4 heteroatoms. The van der Waals surface area contributed by atoms with Crippen molar-refractivity contribution in [3.8, 4) is 5.75 Å². The smallest absolute Gasteiger partial charge is 0.138 e. The predicted molar refractivity (Wildman–Crippen MR) is 68.1 cm³/mol. The summed E-state index contributed by atoms with van der Waals surface area (Å²) in [5.74, 6) is 0.263. The minimum absolute atomic E-state index is 0.263. The first kappa shape index (κ1) is 13.9. The molecule has 0 radical (unpaired) electrons. The van der Waals surface area contributed by atoms with Gasteiger partial charge in [-0.25, -0.2) is 0 Å². The predicted octanol–water partition coefficient (Wildman–Crippen LogP) is 1.95. The van der Waals surface area contributed by atoms with Crippen molar-refractivity contribution in [2.24, 2.45) is 0 Å². The van der Waals surface area contributed by atoms with Gasteiger partial charge in [-0.15, -0.1) is 0 Å². The number of aryl methyl sites for hydroxylation is 1. The lowest BCUT2D eigenvalue weighted by molar-refractivity contribution is 0.0968. The lowest BCUT2D eigenvalue weighted by Crippen LogP contribution is -2.35. The average molecular weight is 238 g/mol. The number of hydrogen-bond acceptors (Lipinski definition) is 4. The lowest BCUT2D eigenvalue weighted by Gasteiger charge is -2.27. The Hall–Kier alpha value is -1.13. The molecule has 1 N–H and O–H groups in total. The van der Waals surface area contributed by atoms with Crippen LogP contribution < -0.4 is 0 Å². The maximum atomic E-state index is 9.77. The molecular formula is C13H22N2O2. The zero-order chi connectivity index (χ0) is 12.8. The van der Waals surface area contributed by atoms with Crippen LogP contribution in [0.25, 0.3) is 0 Å². The number of aromatic hydroxyl groups is 1. The highest BCUT2D eigenvalue weighted by Gasteiger charge is 2.15. The summed E-state index contributed by atoms with van der Waals surface area (Å²) in [6.07, 6.45) is 0. The van der Waals surface area contributed by atoms with Crippen LogP contribution in [-0.2, 0) is 11.3 Å². The number of nitrogens with zero attached hydrogens (tertiary/aromatic N) is 2. The fourth-order valence-corrected chi connectivity index (χ4v) is 1.84. The largest absolute Gasteiger partial charge is 0.506 e. The van der Waals surface area contributed by atoms with Crippen molar-refractivity contribution in [1.82, 2.24) is 9.88 Å². The molecule has 0 aliphatic heterocycles. The van der Waals surface area contributed by atoms with Crippen LogP contribution in [0.15, 0.2) is 12.1 Å². The summed E-state index contributed by atoms with van der Waals surface area (Å²) >= 11 is 0. The highest BCUT2D eigenvalue weighted by molar-refractivity contribution is 5.27. The number of ether oxygens (including phenoxy) is 1. The Balaban J connectivity index is 2.76. The molecule has 0 spiro atoms. The van der Waals surface area contributed by atoms with Gasteiger partial charge in [-0.05, 0) is 32.5 Å². The number of pyridine rings is 1. The number of rotatable bonds is 6. The fraction of sp³-hybridized carbons (Fsp3) is 0.615. The molecule has 0 bridgehead atoms. The van der Waals surface area contributed by atoms with Gasteiger partial charge in [0.1, 0.15) is 5.75 Å². The molecule has 17 heavy (non-hydrogen) atoms. The first-order chi connectivity index (χ1) is 8.08. The highest BCUT2D eigenvalue weighted by atomic mass is 16.5. The van der Waals surface area contributed by atoms with Gasteiger partial charge >= 0.3 is 0 Å². The van der Waals surface area contributed by atoms with E-state index in [1.54, 1.807) is 13.2 Å². The summed E-state index contributed by atoms with van der Waals surface area (Å²) < 4.78 is 5.15. The molecule has 0 saturated carbocycles. The molecule has 1 aromatic rings. The van der Waals surface area contributed by atoms with Crippen molar-refractivity contribution in [3.05, 3.63) is 23.5 Å². The summed E-state index contributed by atoms with van der Waals surface area (Å²) in [5, 5.41) is 9.77. The van der Waals surface area contributed by atoms with Gasteiger partial charge in [0.15, 0.2) is 0 Å². The van der Waals surface area contributed by atoms with Crippen LogP contribution in [0.1, 0.15) is 25.2 Å². The Morgan fingerprint density at radius 1 is 1.47 bits per heavy atom. The Kier molecular flexibility index (Phi) is 5.38. The van der Waals surface area contributed by atoms with Gasteiger partial charge in [-0.2, -0.15) is 0 Å². The summed E-state index contributed by atoms with van der Waals surface area (Å²) in [5.41, 5.74) is 1.66. The summed E-state index contributed by atoms with van der Waals surface area (Å²) in [6.45, 7) is 8.37. The third-order valence-corrected chi connectivity index (χ3v) is 2.88. The van der Waals surface area contributed by atoms with Crippen molar-refractivity contribution in [1.29, 1.82) is 0 Å². The van der Waals surface area contributed by atoms with Crippen LogP contribution in [0.4, 0.5) is 0 Å².